The zero-order valence-electron chi connectivity index (χ0n) is 3.84. The van der Waals surface area contributed by atoms with Crippen LogP contribution in [-0.2, 0) is 50.3 Å². The van der Waals surface area contributed by atoms with E-state index in [0.717, 1.165) is 8.19 Å². The molecule has 0 amide bonds. The van der Waals surface area contributed by atoms with Gasteiger partial charge in [-0.1, -0.05) is 12.1 Å². The molecule has 1 heterocycles. The molecule has 0 atom stereocenters. The molecule has 2 radical (unpaired) electrons. The minimum absolute atomic E-state index is 0. The van der Waals surface area contributed by atoms with Crippen LogP contribution in [0.3, 0.4) is 0 Å². The van der Waals surface area contributed by atoms with Crippen molar-refractivity contribution in [2.24, 2.45) is 0 Å². The fourth-order valence-corrected chi connectivity index (χ4v) is 0.833. The molecule has 52 valence electrons. The minimum Gasteiger partial charge on any atom is -0.140 e. The van der Waals surface area contributed by atoms with Crippen LogP contribution in [0.2, 0.25) is 0 Å². The maximum atomic E-state index is 2.15. The second kappa shape index (κ2) is 11.1. The summed E-state index contributed by atoms with van der Waals surface area (Å²) in [4.78, 5) is 0. The van der Waals surface area contributed by atoms with Crippen LogP contribution in [-0.4, -0.2) is 0 Å². The fourth-order valence-electron chi connectivity index (χ4n) is 0.278. The Bertz CT molecular complexity index is 72.5. The molecular weight excluding hydrogens is 252 g/mol. The van der Waals surface area contributed by atoms with Crippen LogP contribution < -0.4 is 0 Å². The summed E-state index contributed by atoms with van der Waals surface area (Å²) >= 11 is 0. The van der Waals surface area contributed by atoms with E-state index >= 15 is 0 Å². The van der Waals surface area contributed by atoms with Crippen molar-refractivity contribution in [3.63, 3.8) is 0 Å². The third-order valence-electron chi connectivity index (χ3n) is 0.496. The van der Waals surface area contributed by atoms with Crippen LogP contribution in [0, 0.1) is 0 Å². The van der Waals surface area contributed by atoms with E-state index in [9.17, 15) is 0 Å². The molecule has 0 nitrogen and oxygen atoms in total. The summed E-state index contributed by atoms with van der Waals surface area (Å²) in [5.74, 6) is 4.31. The fraction of sp³-hybridized carbons (Fsp3) is 0. The van der Waals surface area contributed by atoms with E-state index in [1.807, 2.05) is 0 Å². The molecule has 1 aromatic rings. The smallest absolute Gasteiger partial charge is 0 e. The van der Waals surface area contributed by atoms with E-state index in [2.05, 4.69) is 23.7 Å². The SMILES string of the molecule is [Co].[Mn].[Ni].c1cc[pH]c1. The average molecular weight is 257 g/mol. The van der Waals surface area contributed by atoms with Crippen LogP contribution in [0.4, 0.5) is 0 Å². The van der Waals surface area contributed by atoms with Crippen molar-refractivity contribution in [1.82, 2.24) is 0 Å². The zero-order chi connectivity index (χ0) is 3.54. The molecular formula is C4H5CoMnNiP. The second-order valence-corrected chi connectivity index (χ2v) is 1.88. The molecule has 0 aliphatic rings. The van der Waals surface area contributed by atoms with Gasteiger partial charge in [-0.25, -0.2) is 0 Å². The third-order valence-corrected chi connectivity index (χ3v) is 1.27. The van der Waals surface area contributed by atoms with Crippen LogP contribution in [0.15, 0.2) is 23.7 Å². The molecule has 4 heteroatoms. The first-order chi connectivity index (χ1) is 2.50. The van der Waals surface area contributed by atoms with E-state index in [-0.39, 0.29) is 50.3 Å². The van der Waals surface area contributed by atoms with Crippen molar-refractivity contribution >= 4 is 8.19 Å². The Labute approximate surface area is 81.9 Å². The van der Waals surface area contributed by atoms with E-state index in [0.29, 0.717) is 0 Å². The summed E-state index contributed by atoms with van der Waals surface area (Å²) in [5.41, 5.74) is 0. The van der Waals surface area contributed by atoms with Crippen LogP contribution in [0.5, 0.6) is 0 Å². The second-order valence-electron chi connectivity index (χ2n) is 0.885. The van der Waals surface area contributed by atoms with Gasteiger partial charge in [0.05, 0.1) is 0 Å². The Kier molecular flexibility index (Phi) is 22.5. The van der Waals surface area contributed by atoms with E-state index in [1.165, 1.54) is 0 Å². The van der Waals surface area contributed by atoms with Gasteiger partial charge in [-0.3, -0.25) is 0 Å². The summed E-state index contributed by atoms with van der Waals surface area (Å²) in [6.07, 6.45) is 0. The van der Waals surface area contributed by atoms with Crippen LogP contribution >= 0.6 is 8.19 Å². The summed E-state index contributed by atoms with van der Waals surface area (Å²) in [5, 5.41) is 0. The van der Waals surface area contributed by atoms with E-state index in [1.54, 1.807) is 0 Å². The summed E-state index contributed by atoms with van der Waals surface area (Å²) < 4.78 is 0. The van der Waals surface area contributed by atoms with E-state index in [4.69, 9.17) is 0 Å². The molecule has 1 rings (SSSR count). The van der Waals surface area contributed by atoms with Crippen molar-refractivity contribution in [1.29, 1.82) is 0 Å². The molecule has 0 aromatic carbocycles. The van der Waals surface area contributed by atoms with Gasteiger partial charge in [0.25, 0.3) is 0 Å². The minimum atomic E-state index is 0. The normalized spacial score (nSPS) is 5.00. The van der Waals surface area contributed by atoms with Gasteiger partial charge in [0.15, 0.2) is 0 Å². The first-order valence-corrected chi connectivity index (χ1v) is 2.73. The molecule has 0 unspecified atom stereocenters. The van der Waals surface area contributed by atoms with Gasteiger partial charge >= 0.3 is 0 Å². The van der Waals surface area contributed by atoms with Crippen LogP contribution in [0.1, 0.15) is 0 Å². The topological polar surface area (TPSA) is 0 Å². The van der Waals surface area contributed by atoms with Gasteiger partial charge in [0.1, 0.15) is 0 Å². The van der Waals surface area contributed by atoms with Crippen molar-refractivity contribution < 1.29 is 50.3 Å². The predicted molar refractivity (Wildman–Crippen MR) is 25.9 cm³/mol. The standard InChI is InChI=1S/C4H5P.Co.Mn.Ni/c1-2-4-5-3-1;;;/h1-5H;;;. The Morgan fingerprint density at radius 3 is 1.50 bits per heavy atom. The third kappa shape index (κ3) is 7.30. The maximum absolute atomic E-state index is 2.15. The molecule has 0 spiro atoms. The van der Waals surface area contributed by atoms with Crippen LogP contribution in [0.25, 0.3) is 0 Å². The predicted octanol–water partition coefficient (Wildman–Crippen LogP) is 1.71. The van der Waals surface area contributed by atoms with Gasteiger partial charge < -0.3 is 0 Å². The Morgan fingerprint density at radius 1 is 1.00 bits per heavy atom. The summed E-state index contributed by atoms with van der Waals surface area (Å²) in [7, 11) is 0.948. The van der Waals surface area contributed by atoms with Gasteiger partial charge in [0, 0.05) is 50.3 Å². The van der Waals surface area contributed by atoms with Gasteiger partial charge in [0.2, 0.25) is 0 Å². The molecule has 0 N–H and O–H groups in total. The maximum Gasteiger partial charge on any atom is 0 e. The molecule has 0 aliphatic carbocycles. The first kappa shape index (κ1) is 16.1. The Hall–Kier alpha value is 1.30. The zero-order valence-corrected chi connectivity index (χ0v) is 8.05. The van der Waals surface area contributed by atoms with Gasteiger partial charge in [-0.05, 0) is 11.6 Å². The van der Waals surface area contributed by atoms with Crippen molar-refractivity contribution in [3.8, 4) is 0 Å². The first-order valence-electron chi connectivity index (χ1n) is 1.58. The molecule has 0 saturated carbocycles. The van der Waals surface area contributed by atoms with Crippen molar-refractivity contribution in [2.45, 2.75) is 0 Å². The Balaban J connectivity index is -0.0000000833. The van der Waals surface area contributed by atoms with E-state index < -0.39 is 0 Å². The summed E-state index contributed by atoms with van der Waals surface area (Å²) in [6, 6.07) is 4.14. The number of hydrogen-bond acceptors (Lipinski definition) is 0. The quantitative estimate of drug-likeness (QED) is 0.620. The number of rotatable bonds is 0. The molecule has 0 fully saturated rings. The number of hydrogen-bond donors (Lipinski definition) is 0. The van der Waals surface area contributed by atoms with Gasteiger partial charge in [-0.15, -0.1) is 8.19 Å². The molecule has 0 aliphatic heterocycles. The van der Waals surface area contributed by atoms with Gasteiger partial charge in [-0.2, -0.15) is 0 Å². The Morgan fingerprint density at radius 2 is 1.38 bits per heavy atom. The van der Waals surface area contributed by atoms with Crippen molar-refractivity contribution in [2.75, 3.05) is 0 Å². The molecule has 1 aromatic heterocycles. The summed E-state index contributed by atoms with van der Waals surface area (Å²) in [6.45, 7) is 0. The largest absolute Gasteiger partial charge is 0.140 e. The monoisotopic (exact) mass is 256 g/mol. The molecule has 8 heavy (non-hydrogen) atoms. The van der Waals surface area contributed by atoms with Crippen molar-refractivity contribution in [3.05, 3.63) is 23.7 Å². The molecule has 0 bridgehead atoms. The molecule has 0 saturated heterocycles. The average Bonchev–Trinajstić information content (AvgIpc) is 1.76.